The van der Waals surface area contributed by atoms with Crippen LogP contribution in [-0.2, 0) is 20.8 Å². The molecular weight excluding hydrogens is 452 g/mol. The Morgan fingerprint density at radius 2 is 1.06 bits per heavy atom. The third-order valence-corrected chi connectivity index (χ3v) is 5.40. The number of Topliss-reactive ketones (excluding diaryl/α,β-unsaturated/α-hetero) is 1. The molecule has 0 saturated carbocycles. The van der Waals surface area contributed by atoms with Gasteiger partial charge in [0.2, 0.25) is 0 Å². The van der Waals surface area contributed by atoms with E-state index in [4.69, 9.17) is 9.47 Å². The van der Waals surface area contributed by atoms with E-state index < -0.39 is 11.9 Å². The van der Waals surface area contributed by atoms with E-state index in [2.05, 4.69) is 19.7 Å². The summed E-state index contributed by atoms with van der Waals surface area (Å²) in [5, 5.41) is 0. The van der Waals surface area contributed by atoms with E-state index >= 15 is 0 Å². The van der Waals surface area contributed by atoms with Crippen LogP contribution in [0.2, 0.25) is 0 Å². The number of allylic oxidation sites excluding steroid dienone is 1. The molecule has 0 saturated heterocycles. The van der Waals surface area contributed by atoms with Crippen molar-refractivity contribution in [2.24, 2.45) is 0 Å². The molecule has 3 rings (SSSR count). The number of carbonyl (C=O) groups is 3. The maximum Gasteiger partial charge on any atom is 0.338 e. The molecule has 0 N–H and O–H groups in total. The fourth-order valence-electron chi connectivity index (χ4n) is 3.33. The second kappa shape index (κ2) is 11.3. The van der Waals surface area contributed by atoms with Crippen molar-refractivity contribution in [1.29, 1.82) is 0 Å². The summed E-state index contributed by atoms with van der Waals surface area (Å²) in [6, 6.07) is 20.1. The van der Waals surface area contributed by atoms with Gasteiger partial charge in [0, 0.05) is 17.6 Å². The summed E-state index contributed by atoms with van der Waals surface area (Å²) >= 11 is 0. The van der Waals surface area contributed by atoms with Crippen molar-refractivity contribution < 1.29 is 23.9 Å². The number of carbonyl (C=O) groups excluding carboxylic acids is 3. The Kier molecular flexibility index (Phi) is 8.18. The average molecular weight is 481 g/mol. The van der Waals surface area contributed by atoms with Gasteiger partial charge < -0.3 is 9.47 Å². The van der Waals surface area contributed by atoms with E-state index in [0.717, 1.165) is 27.8 Å². The van der Waals surface area contributed by atoms with Crippen LogP contribution < -0.4 is 9.47 Å². The third kappa shape index (κ3) is 6.54. The van der Waals surface area contributed by atoms with E-state index in [1.807, 2.05) is 42.5 Å². The molecule has 0 spiro atoms. The van der Waals surface area contributed by atoms with Gasteiger partial charge in [-0.1, -0.05) is 62.2 Å². The number of rotatable bonds is 9. The molecule has 3 aromatic rings. The average Bonchev–Trinajstić information content (AvgIpc) is 2.84. The first kappa shape index (κ1) is 26.1. The van der Waals surface area contributed by atoms with Gasteiger partial charge in [0.15, 0.2) is 5.78 Å². The fourth-order valence-corrected chi connectivity index (χ4v) is 3.33. The Morgan fingerprint density at radius 1 is 0.611 bits per heavy atom. The van der Waals surface area contributed by atoms with Gasteiger partial charge in [-0.05, 0) is 78.4 Å². The molecule has 0 aliphatic carbocycles. The predicted molar refractivity (Wildman–Crippen MR) is 142 cm³/mol. The lowest BCUT2D eigenvalue weighted by molar-refractivity contribution is -0.130. The summed E-state index contributed by atoms with van der Waals surface area (Å²) in [5.74, 6) is -0.181. The molecule has 0 aromatic heterocycles. The number of benzene rings is 3. The summed E-state index contributed by atoms with van der Waals surface area (Å²) in [7, 11) is 0. The van der Waals surface area contributed by atoms with Crippen molar-refractivity contribution in [2.75, 3.05) is 0 Å². The highest BCUT2D eigenvalue weighted by Crippen LogP contribution is 2.32. The lowest BCUT2D eigenvalue weighted by atomic mass is 9.91. The number of hydrogen-bond donors (Lipinski definition) is 0. The van der Waals surface area contributed by atoms with Gasteiger partial charge in [-0.25, -0.2) is 9.59 Å². The zero-order valence-electron chi connectivity index (χ0n) is 20.7. The second-order valence-electron chi connectivity index (χ2n) is 8.64. The molecule has 0 radical (unpaired) electrons. The van der Waals surface area contributed by atoms with Crippen LogP contribution in [0, 0.1) is 0 Å². The van der Waals surface area contributed by atoms with Crippen molar-refractivity contribution in [2.45, 2.75) is 27.2 Å². The lowest BCUT2D eigenvalue weighted by Crippen LogP contribution is -2.08. The summed E-state index contributed by atoms with van der Waals surface area (Å²) in [4.78, 5) is 36.1. The zero-order chi connectivity index (χ0) is 26.4. The molecule has 0 atom stereocenters. The minimum atomic E-state index is -0.486. The molecule has 3 aromatic carbocycles. The summed E-state index contributed by atoms with van der Waals surface area (Å²) in [6.45, 7) is 15.8. The standard InChI is InChI=1S/C31H28O5/c1-19(2)29(32)18-25-17-24(22-7-12-26(13-8-22)35-30(33)20(3)4)11-16-28(25)23-9-14-27(15-10-23)36-31(34)21(5)6/h7-17H,1,3,5,18H2,2,4,6H3. The monoisotopic (exact) mass is 480 g/mol. The normalized spacial score (nSPS) is 10.3. The molecular formula is C31H28O5. The van der Waals surface area contributed by atoms with Crippen LogP contribution in [0.15, 0.2) is 103 Å². The Balaban J connectivity index is 1.94. The van der Waals surface area contributed by atoms with E-state index in [-0.39, 0.29) is 12.2 Å². The largest absolute Gasteiger partial charge is 0.423 e. The van der Waals surface area contributed by atoms with Crippen LogP contribution in [0.1, 0.15) is 26.3 Å². The second-order valence-corrected chi connectivity index (χ2v) is 8.64. The fraction of sp³-hybridized carbons (Fsp3) is 0.129. The van der Waals surface area contributed by atoms with Gasteiger partial charge in [0.25, 0.3) is 0 Å². The van der Waals surface area contributed by atoms with Crippen molar-refractivity contribution in [3.63, 3.8) is 0 Å². The number of ether oxygens (including phenoxy) is 2. The summed E-state index contributed by atoms with van der Waals surface area (Å²) in [6.07, 6.45) is 0.194. The van der Waals surface area contributed by atoms with Gasteiger partial charge in [0.05, 0.1) is 0 Å². The van der Waals surface area contributed by atoms with Gasteiger partial charge in [-0.3, -0.25) is 4.79 Å². The minimum Gasteiger partial charge on any atom is -0.423 e. The van der Waals surface area contributed by atoms with Gasteiger partial charge in [0.1, 0.15) is 11.5 Å². The molecule has 0 aliphatic rings. The predicted octanol–water partition coefficient (Wildman–Crippen LogP) is 6.67. The maximum atomic E-state index is 12.6. The molecule has 0 unspecified atom stereocenters. The van der Waals surface area contributed by atoms with Crippen LogP contribution >= 0.6 is 0 Å². The Morgan fingerprint density at radius 3 is 1.50 bits per heavy atom. The summed E-state index contributed by atoms with van der Waals surface area (Å²) in [5.41, 5.74) is 5.54. The molecule has 36 heavy (non-hydrogen) atoms. The van der Waals surface area contributed by atoms with Crippen LogP contribution in [0.4, 0.5) is 0 Å². The molecule has 0 fully saturated rings. The minimum absolute atomic E-state index is 0.0533. The van der Waals surface area contributed by atoms with Crippen molar-refractivity contribution in [3.8, 4) is 33.8 Å². The maximum absolute atomic E-state index is 12.6. The first-order chi connectivity index (χ1) is 17.0. The summed E-state index contributed by atoms with van der Waals surface area (Å²) < 4.78 is 10.5. The van der Waals surface area contributed by atoms with E-state index in [0.29, 0.717) is 28.2 Å². The quantitative estimate of drug-likeness (QED) is 0.194. The van der Waals surface area contributed by atoms with Crippen molar-refractivity contribution >= 4 is 17.7 Å². The molecule has 0 aliphatic heterocycles. The Hall–Kier alpha value is -4.51. The van der Waals surface area contributed by atoms with Gasteiger partial charge in [-0.15, -0.1) is 0 Å². The molecule has 0 amide bonds. The van der Waals surface area contributed by atoms with Crippen LogP contribution in [0.25, 0.3) is 22.3 Å². The van der Waals surface area contributed by atoms with Crippen LogP contribution in [-0.4, -0.2) is 17.7 Å². The lowest BCUT2D eigenvalue weighted by Gasteiger charge is -2.13. The smallest absolute Gasteiger partial charge is 0.338 e. The first-order valence-corrected chi connectivity index (χ1v) is 11.3. The third-order valence-electron chi connectivity index (χ3n) is 5.40. The van der Waals surface area contributed by atoms with Crippen LogP contribution in [0.3, 0.4) is 0 Å². The van der Waals surface area contributed by atoms with Crippen molar-refractivity contribution in [1.82, 2.24) is 0 Å². The topological polar surface area (TPSA) is 69.7 Å². The zero-order valence-corrected chi connectivity index (χ0v) is 20.7. The molecule has 0 heterocycles. The number of ketones is 1. The number of esters is 2. The van der Waals surface area contributed by atoms with E-state index in [9.17, 15) is 14.4 Å². The Bertz CT molecular complexity index is 1360. The first-order valence-electron chi connectivity index (χ1n) is 11.3. The van der Waals surface area contributed by atoms with E-state index in [1.54, 1.807) is 45.0 Å². The molecule has 5 heteroatoms. The highest BCUT2D eigenvalue weighted by molar-refractivity contribution is 5.97. The molecule has 0 bridgehead atoms. The van der Waals surface area contributed by atoms with Gasteiger partial charge in [-0.2, -0.15) is 0 Å². The van der Waals surface area contributed by atoms with Crippen molar-refractivity contribution in [3.05, 3.63) is 109 Å². The SMILES string of the molecule is C=C(C)C(=O)Cc1cc(-c2ccc(OC(=O)C(=C)C)cc2)ccc1-c1ccc(OC(=O)C(=C)C)cc1. The van der Waals surface area contributed by atoms with Gasteiger partial charge >= 0.3 is 11.9 Å². The van der Waals surface area contributed by atoms with Crippen LogP contribution in [0.5, 0.6) is 11.5 Å². The number of hydrogen-bond acceptors (Lipinski definition) is 5. The highest BCUT2D eigenvalue weighted by atomic mass is 16.5. The molecule has 5 nitrogen and oxygen atoms in total. The Labute approximate surface area is 211 Å². The van der Waals surface area contributed by atoms with E-state index in [1.165, 1.54) is 0 Å². The molecule has 182 valence electrons. The highest BCUT2D eigenvalue weighted by Gasteiger charge is 2.14.